The summed E-state index contributed by atoms with van der Waals surface area (Å²) in [5.41, 5.74) is 2.41. The van der Waals surface area contributed by atoms with Gasteiger partial charge in [-0.1, -0.05) is 48.5 Å². The third-order valence-corrected chi connectivity index (χ3v) is 4.26. The maximum absolute atomic E-state index is 13.0. The van der Waals surface area contributed by atoms with Crippen LogP contribution in [0.15, 0.2) is 54.6 Å². The number of benzene rings is 2. The van der Waals surface area contributed by atoms with Gasteiger partial charge in [-0.2, -0.15) is 0 Å². The predicted molar refractivity (Wildman–Crippen MR) is 93.1 cm³/mol. The minimum Gasteiger partial charge on any atom is -0.448 e. The van der Waals surface area contributed by atoms with Crippen LogP contribution in [0.25, 0.3) is 0 Å². The first-order valence-electron chi connectivity index (χ1n) is 8.29. The first-order chi connectivity index (χ1) is 12.2. The van der Waals surface area contributed by atoms with Crippen LogP contribution in [-0.2, 0) is 27.2 Å². The molecule has 1 unspecified atom stereocenters. The monoisotopic (exact) mass is 339 g/mol. The molecule has 5 heteroatoms. The van der Waals surface area contributed by atoms with Gasteiger partial charge in [0, 0.05) is 26.6 Å². The van der Waals surface area contributed by atoms with E-state index in [1.807, 2.05) is 42.5 Å². The van der Waals surface area contributed by atoms with Crippen molar-refractivity contribution in [3.63, 3.8) is 0 Å². The zero-order chi connectivity index (χ0) is 17.6. The Morgan fingerprint density at radius 3 is 2.64 bits per heavy atom. The van der Waals surface area contributed by atoms with Crippen molar-refractivity contribution >= 4 is 11.9 Å². The molecule has 0 aliphatic carbocycles. The molecule has 2 aromatic carbocycles. The molecule has 0 saturated carbocycles. The van der Waals surface area contributed by atoms with Crippen LogP contribution in [0, 0.1) is 0 Å². The van der Waals surface area contributed by atoms with Crippen LogP contribution in [0.4, 0.5) is 0 Å². The molecular formula is C20H21NO4. The summed E-state index contributed by atoms with van der Waals surface area (Å²) < 4.78 is 10.5. The smallest absolute Gasteiger partial charge is 0.339 e. The molecule has 1 aliphatic heterocycles. The first kappa shape index (κ1) is 17.2. The van der Waals surface area contributed by atoms with E-state index in [-0.39, 0.29) is 5.91 Å². The zero-order valence-corrected chi connectivity index (χ0v) is 14.2. The Morgan fingerprint density at radius 1 is 1.16 bits per heavy atom. The molecule has 0 aromatic heterocycles. The van der Waals surface area contributed by atoms with Crippen LogP contribution in [0.2, 0.25) is 0 Å². The van der Waals surface area contributed by atoms with E-state index in [0.717, 1.165) is 11.1 Å². The van der Waals surface area contributed by atoms with Crippen LogP contribution in [0.5, 0.6) is 0 Å². The van der Waals surface area contributed by atoms with Crippen LogP contribution >= 0.6 is 0 Å². The maximum atomic E-state index is 13.0. The number of methoxy groups -OCH3 is 1. The average Bonchev–Trinajstić information content (AvgIpc) is 2.65. The minimum absolute atomic E-state index is 0.191. The first-order valence-corrected chi connectivity index (χ1v) is 8.29. The van der Waals surface area contributed by atoms with Crippen molar-refractivity contribution in [1.29, 1.82) is 0 Å². The number of carbonyl (C=O) groups is 2. The number of hydrogen-bond acceptors (Lipinski definition) is 4. The fourth-order valence-corrected chi connectivity index (χ4v) is 2.95. The summed E-state index contributed by atoms with van der Waals surface area (Å²) >= 11 is 0. The van der Waals surface area contributed by atoms with E-state index in [1.54, 1.807) is 24.1 Å². The molecule has 0 bridgehead atoms. The Morgan fingerprint density at radius 2 is 1.88 bits per heavy atom. The van der Waals surface area contributed by atoms with E-state index in [1.165, 1.54) is 0 Å². The number of esters is 1. The number of hydrogen-bond donors (Lipinski definition) is 0. The lowest BCUT2D eigenvalue weighted by atomic mass is 9.98. The SMILES string of the molecule is COCCN(Cc1ccccc1)C(=O)C1Cc2ccccc2C(=O)O1. The highest BCUT2D eigenvalue weighted by atomic mass is 16.5. The molecule has 0 fully saturated rings. The molecule has 0 spiro atoms. The number of rotatable bonds is 6. The predicted octanol–water partition coefficient (Wildman–Crippen LogP) is 2.44. The van der Waals surface area contributed by atoms with Gasteiger partial charge in [0.2, 0.25) is 0 Å². The van der Waals surface area contributed by atoms with Gasteiger partial charge in [0.25, 0.3) is 5.91 Å². The molecule has 1 heterocycles. The fourth-order valence-electron chi connectivity index (χ4n) is 2.95. The van der Waals surface area contributed by atoms with Crippen molar-refractivity contribution in [3.8, 4) is 0 Å². The number of fused-ring (bicyclic) bond motifs is 1. The summed E-state index contributed by atoms with van der Waals surface area (Å²) in [4.78, 5) is 26.8. The highest BCUT2D eigenvalue weighted by molar-refractivity contribution is 5.95. The molecule has 3 rings (SSSR count). The van der Waals surface area contributed by atoms with Crippen molar-refractivity contribution in [2.45, 2.75) is 19.1 Å². The summed E-state index contributed by atoms with van der Waals surface area (Å²) in [6.45, 7) is 1.33. The number of carbonyl (C=O) groups excluding carboxylic acids is 2. The van der Waals surface area contributed by atoms with E-state index >= 15 is 0 Å². The van der Waals surface area contributed by atoms with Gasteiger partial charge in [-0.15, -0.1) is 0 Å². The normalized spacial score (nSPS) is 16.0. The molecule has 5 nitrogen and oxygen atoms in total. The molecule has 130 valence electrons. The van der Waals surface area contributed by atoms with Gasteiger partial charge >= 0.3 is 5.97 Å². The second-order valence-electron chi connectivity index (χ2n) is 5.99. The quantitative estimate of drug-likeness (QED) is 0.759. The summed E-state index contributed by atoms with van der Waals surface area (Å²) in [5.74, 6) is -0.629. The third-order valence-electron chi connectivity index (χ3n) is 4.26. The van der Waals surface area contributed by atoms with Gasteiger partial charge < -0.3 is 14.4 Å². The molecule has 0 radical (unpaired) electrons. The zero-order valence-electron chi connectivity index (χ0n) is 14.2. The summed E-state index contributed by atoms with van der Waals surface area (Å²) in [6, 6.07) is 17.0. The van der Waals surface area contributed by atoms with E-state index in [9.17, 15) is 9.59 Å². The molecular weight excluding hydrogens is 318 g/mol. The van der Waals surface area contributed by atoms with Gasteiger partial charge in [0.05, 0.1) is 12.2 Å². The molecule has 1 aliphatic rings. The van der Waals surface area contributed by atoms with Crippen molar-refractivity contribution < 1.29 is 19.1 Å². The topological polar surface area (TPSA) is 55.8 Å². The van der Waals surface area contributed by atoms with E-state index in [2.05, 4.69) is 0 Å². The highest BCUT2D eigenvalue weighted by Gasteiger charge is 2.33. The summed E-state index contributed by atoms with van der Waals surface area (Å²) in [5, 5.41) is 0. The third kappa shape index (κ3) is 4.06. The maximum Gasteiger partial charge on any atom is 0.339 e. The lowest BCUT2D eigenvalue weighted by Crippen LogP contribution is -2.45. The molecule has 1 amide bonds. The van der Waals surface area contributed by atoms with E-state index < -0.39 is 12.1 Å². The number of cyclic esters (lactones) is 1. The van der Waals surface area contributed by atoms with Gasteiger partial charge in [-0.3, -0.25) is 4.79 Å². The Bertz CT molecular complexity index is 744. The van der Waals surface area contributed by atoms with E-state index in [4.69, 9.17) is 9.47 Å². The molecule has 25 heavy (non-hydrogen) atoms. The van der Waals surface area contributed by atoms with Crippen molar-refractivity contribution in [1.82, 2.24) is 4.90 Å². The highest BCUT2D eigenvalue weighted by Crippen LogP contribution is 2.22. The van der Waals surface area contributed by atoms with Crippen LogP contribution in [0.1, 0.15) is 21.5 Å². The Hall–Kier alpha value is -2.66. The number of ether oxygens (including phenoxy) is 2. The molecule has 1 atom stereocenters. The van der Waals surface area contributed by atoms with Crippen molar-refractivity contribution in [2.75, 3.05) is 20.3 Å². The molecule has 0 saturated heterocycles. The Kier molecular flexibility index (Phi) is 5.46. The number of nitrogens with zero attached hydrogens (tertiary/aromatic N) is 1. The molecule has 0 N–H and O–H groups in total. The van der Waals surface area contributed by atoms with Gasteiger partial charge in [-0.25, -0.2) is 4.79 Å². The Balaban J connectivity index is 1.77. The van der Waals surface area contributed by atoms with Gasteiger partial charge in [-0.05, 0) is 17.2 Å². The molecule has 2 aromatic rings. The van der Waals surface area contributed by atoms with Gasteiger partial charge in [0.1, 0.15) is 0 Å². The number of amides is 1. The van der Waals surface area contributed by atoms with Crippen LogP contribution in [-0.4, -0.2) is 43.1 Å². The summed E-state index contributed by atoms with van der Waals surface area (Å²) in [7, 11) is 1.60. The lowest BCUT2D eigenvalue weighted by Gasteiger charge is -2.30. The average molecular weight is 339 g/mol. The standard InChI is InChI=1S/C20H21NO4/c1-24-12-11-21(14-15-7-3-2-4-8-15)19(22)18-13-16-9-5-6-10-17(16)20(23)25-18/h2-10,18H,11-14H2,1H3. The summed E-state index contributed by atoms with van der Waals surface area (Å²) in [6.07, 6.45) is -0.387. The fraction of sp³-hybridized carbons (Fsp3) is 0.300. The van der Waals surface area contributed by atoms with Crippen LogP contribution in [0.3, 0.4) is 0 Å². The second-order valence-corrected chi connectivity index (χ2v) is 5.99. The largest absolute Gasteiger partial charge is 0.448 e. The van der Waals surface area contributed by atoms with Crippen molar-refractivity contribution in [3.05, 3.63) is 71.3 Å². The lowest BCUT2D eigenvalue weighted by molar-refractivity contribution is -0.142. The van der Waals surface area contributed by atoms with E-state index in [0.29, 0.717) is 31.7 Å². The van der Waals surface area contributed by atoms with Crippen molar-refractivity contribution in [2.24, 2.45) is 0 Å². The minimum atomic E-state index is -0.789. The Labute approximate surface area is 147 Å². The van der Waals surface area contributed by atoms with Gasteiger partial charge in [0.15, 0.2) is 6.10 Å². The van der Waals surface area contributed by atoms with Crippen LogP contribution < -0.4 is 0 Å². The second kappa shape index (κ2) is 7.94.